The number of aliphatic imine (C=N–C) groups is 1. The molecule has 0 aromatic carbocycles. The van der Waals surface area contributed by atoms with Crippen LogP contribution in [0.15, 0.2) is 4.99 Å². The van der Waals surface area contributed by atoms with E-state index in [0.717, 1.165) is 38.9 Å². The van der Waals surface area contributed by atoms with Crippen molar-refractivity contribution in [1.29, 1.82) is 0 Å². The first-order valence-corrected chi connectivity index (χ1v) is 12.3. The Balaban J connectivity index is 1.94. The Morgan fingerprint density at radius 2 is 1.83 bits per heavy atom. The normalized spacial score (nSPS) is 22.6. The maximum absolute atomic E-state index is 12.1. The zero-order valence-electron chi connectivity index (χ0n) is 18.4. The molecule has 1 unspecified atom stereocenters. The van der Waals surface area contributed by atoms with Crippen LogP contribution in [0, 0.1) is 0 Å². The van der Waals surface area contributed by atoms with E-state index in [1.807, 2.05) is 0 Å². The van der Waals surface area contributed by atoms with Crippen LogP contribution in [-0.2, 0) is 14.8 Å². The fourth-order valence-corrected chi connectivity index (χ4v) is 4.98. The standard InChI is InChI=1S/C19H38N6O3S/c1-5-24-11-7-8-17(24)14-20-19(21-15-18(26)23(3)4)22-16-9-12-25(13-10-16)29(27,28)6-2/h16-17H,5-15H2,1-4H3,(H2,20,21,22). The first-order valence-electron chi connectivity index (χ1n) is 10.7. The third kappa shape index (κ3) is 7.11. The summed E-state index contributed by atoms with van der Waals surface area (Å²) in [5, 5.41) is 6.84. The van der Waals surface area contributed by atoms with E-state index in [9.17, 15) is 13.2 Å². The average molecular weight is 431 g/mol. The van der Waals surface area contributed by atoms with Crippen molar-refractivity contribution in [1.82, 2.24) is 24.7 Å². The van der Waals surface area contributed by atoms with Gasteiger partial charge < -0.3 is 15.5 Å². The van der Waals surface area contributed by atoms with E-state index in [-0.39, 0.29) is 24.2 Å². The van der Waals surface area contributed by atoms with Gasteiger partial charge in [0.05, 0.1) is 5.75 Å². The molecular weight excluding hydrogens is 392 g/mol. The third-order valence-corrected chi connectivity index (χ3v) is 7.72. The Labute approximate surface area is 175 Å². The number of nitrogens with zero attached hydrogens (tertiary/aromatic N) is 4. The molecule has 1 amide bonds. The van der Waals surface area contributed by atoms with E-state index in [0.29, 0.717) is 25.1 Å². The van der Waals surface area contributed by atoms with Crippen molar-refractivity contribution in [2.75, 3.05) is 59.1 Å². The molecule has 0 saturated carbocycles. The highest BCUT2D eigenvalue weighted by atomic mass is 32.2. The number of likely N-dealkylation sites (tertiary alicyclic amines) is 1. The quantitative estimate of drug-likeness (QED) is 0.413. The second-order valence-corrected chi connectivity index (χ2v) is 10.2. The Hall–Kier alpha value is -1.39. The fraction of sp³-hybridized carbons (Fsp3) is 0.895. The van der Waals surface area contributed by atoms with E-state index >= 15 is 0 Å². The number of hydrogen-bond donors (Lipinski definition) is 2. The molecule has 10 heteroatoms. The number of guanidine groups is 1. The molecule has 168 valence electrons. The van der Waals surface area contributed by atoms with Crippen molar-refractivity contribution in [3.8, 4) is 0 Å². The second kappa shape index (κ2) is 11.1. The maximum atomic E-state index is 12.1. The van der Waals surface area contributed by atoms with Gasteiger partial charge in [0.1, 0.15) is 6.54 Å². The van der Waals surface area contributed by atoms with Gasteiger partial charge in [0.25, 0.3) is 0 Å². The smallest absolute Gasteiger partial charge is 0.243 e. The van der Waals surface area contributed by atoms with Crippen LogP contribution in [0.3, 0.4) is 0 Å². The number of piperidine rings is 1. The molecule has 2 rings (SSSR count). The van der Waals surface area contributed by atoms with Crippen LogP contribution in [0.2, 0.25) is 0 Å². The molecule has 2 saturated heterocycles. The SMILES string of the molecule is CCN1CCCC1CNC(=NCC(=O)N(C)C)NC1CCN(S(=O)(=O)CC)CC1. The fourth-order valence-electron chi connectivity index (χ4n) is 3.85. The highest BCUT2D eigenvalue weighted by Gasteiger charge is 2.28. The van der Waals surface area contributed by atoms with Gasteiger partial charge in [0.2, 0.25) is 15.9 Å². The number of amides is 1. The molecule has 9 nitrogen and oxygen atoms in total. The van der Waals surface area contributed by atoms with Crippen molar-refractivity contribution in [2.45, 2.75) is 51.6 Å². The number of carbonyl (C=O) groups is 1. The predicted octanol–water partition coefficient (Wildman–Crippen LogP) is -0.0918. The summed E-state index contributed by atoms with van der Waals surface area (Å²) in [5.41, 5.74) is 0. The van der Waals surface area contributed by atoms with Gasteiger partial charge in [-0.15, -0.1) is 0 Å². The van der Waals surface area contributed by atoms with Crippen LogP contribution >= 0.6 is 0 Å². The Morgan fingerprint density at radius 3 is 2.41 bits per heavy atom. The topological polar surface area (TPSA) is 97.3 Å². The summed E-state index contributed by atoms with van der Waals surface area (Å²) in [4.78, 5) is 20.4. The second-order valence-electron chi connectivity index (χ2n) is 7.98. The lowest BCUT2D eigenvalue weighted by Gasteiger charge is -2.32. The van der Waals surface area contributed by atoms with Gasteiger partial charge in [0.15, 0.2) is 5.96 Å². The van der Waals surface area contributed by atoms with Crippen molar-refractivity contribution in [3.63, 3.8) is 0 Å². The van der Waals surface area contributed by atoms with Crippen molar-refractivity contribution < 1.29 is 13.2 Å². The van der Waals surface area contributed by atoms with E-state index in [4.69, 9.17) is 0 Å². The molecule has 2 heterocycles. The van der Waals surface area contributed by atoms with Gasteiger partial charge in [-0.2, -0.15) is 0 Å². The van der Waals surface area contributed by atoms with Crippen molar-refractivity contribution in [2.24, 2.45) is 4.99 Å². The van der Waals surface area contributed by atoms with Gasteiger partial charge in [-0.3, -0.25) is 9.69 Å². The highest BCUT2D eigenvalue weighted by Crippen LogP contribution is 2.16. The first-order chi connectivity index (χ1) is 13.8. The lowest BCUT2D eigenvalue weighted by molar-refractivity contribution is -0.127. The van der Waals surface area contributed by atoms with Crippen LogP contribution in [0.5, 0.6) is 0 Å². The largest absolute Gasteiger partial charge is 0.355 e. The molecule has 0 spiro atoms. The molecular formula is C19H38N6O3S. The Kier molecular flexibility index (Phi) is 9.16. The van der Waals surface area contributed by atoms with E-state index in [1.165, 1.54) is 11.3 Å². The average Bonchev–Trinajstić information content (AvgIpc) is 3.17. The molecule has 1 atom stereocenters. The molecule has 2 fully saturated rings. The van der Waals surface area contributed by atoms with Crippen LogP contribution in [-0.4, -0.2) is 106 Å². The van der Waals surface area contributed by atoms with Gasteiger partial charge in [-0.1, -0.05) is 6.92 Å². The highest BCUT2D eigenvalue weighted by molar-refractivity contribution is 7.89. The van der Waals surface area contributed by atoms with Crippen LogP contribution < -0.4 is 10.6 Å². The number of carbonyl (C=O) groups excluding carboxylic acids is 1. The minimum absolute atomic E-state index is 0.0500. The van der Waals surface area contributed by atoms with Crippen LogP contribution in [0.4, 0.5) is 0 Å². The summed E-state index contributed by atoms with van der Waals surface area (Å²) in [6.45, 7) is 7.94. The van der Waals surface area contributed by atoms with Crippen molar-refractivity contribution in [3.05, 3.63) is 0 Å². The molecule has 0 aromatic heterocycles. The number of hydrogen-bond acceptors (Lipinski definition) is 5. The van der Waals surface area contributed by atoms with Crippen LogP contribution in [0.25, 0.3) is 0 Å². The summed E-state index contributed by atoms with van der Waals surface area (Å²) in [7, 11) is 0.314. The molecule has 0 radical (unpaired) electrons. The molecule has 0 aliphatic carbocycles. The first kappa shape index (κ1) is 23.9. The minimum atomic E-state index is -3.13. The number of rotatable bonds is 8. The maximum Gasteiger partial charge on any atom is 0.243 e. The van der Waals surface area contributed by atoms with E-state index in [1.54, 1.807) is 25.3 Å². The Morgan fingerprint density at radius 1 is 1.14 bits per heavy atom. The number of nitrogens with one attached hydrogen (secondary N) is 2. The number of sulfonamides is 1. The van der Waals surface area contributed by atoms with Gasteiger partial charge in [-0.05, 0) is 45.7 Å². The van der Waals surface area contributed by atoms with Gasteiger partial charge >= 0.3 is 0 Å². The molecule has 29 heavy (non-hydrogen) atoms. The van der Waals surface area contributed by atoms with E-state index in [2.05, 4.69) is 27.4 Å². The minimum Gasteiger partial charge on any atom is -0.355 e. The van der Waals surface area contributed by atoms with Gasteiger partial charge in [0, 0.05) is 45.8 Å². The summed E-state index contributed by atoms with van der Waals surface area (Å²) in [5.74, 6) is 0.729. The van der Waals surface area contributed by atoms with Crippen LogP contribution in [0.1, 0.15) is 39.5 Å². The third-order valence-electron chi connectivity index (χ3n) is 5.83. The lowest BCUT2D eigenvalue weighted by atomic mass is 10.1. The molecule has 2 aliphatic heterocycles. The summed E-state index contributed by atoms with van der Waals surface area (Å²) >= 11 is 0. The summed E-state index contributed by atoms with van der Waals surface area (Å²) in [6, 6.07) is 0.623. The van der Waals surface area contributed by atoms with E-state index < -0.39 is 10.0 Å². The van der Waals surface area contributed by atoms with Crippen molar-refractivity contribution >= 4 is 21.9 Å². The molecule has 2 N–H and O–H groups in total. The molecule has 0 aromatic rings. The predicted molar refractivity (Wildman–Crippen MR) is 116 cm³/mol. The van der Waals surface area contributed by atoms with Gasteiger partial charge in [-0.25, -0.2) is 17.7 Å². The number of likely N-dealkylation sites (N-methyl/N-ethyl adjacent to an activating group) is 2. The lowest BCUT2D eigenvalue weighted by Crippen LogP contribution is -2.52. The monoisotopic (exact) mass is 430 g/mol. The molecule has 0 bridgehead atoms. The summed E-state index contributed by atoms with van der Waals surface area (Å²) in [6.07, 6.45) is 3.83. The molecule has 2 aliphatic rings. The summed E-state index contributed by atoms with van der Waals surface area (Å²) < 4.78 is 25.7. The Bertz CT molecular complexity index is 659. The zero-order valence-corrected chi connectivity index (χ0v) is 19.2. The zero-order chi connectivity index (χ0) is 21.4.